The van der Waals surface area contributed by atoms with Crippen LogP contribution in [0, 0.1) is 0 Å². The van der Waals surface area contributed by atoms with Crippen molar-refractivity contribution in [3.05, 3.63) is 46.2 Å². The van der Waals surface area contributed by atoms with E-state index in [1.54, 1.807) is 4.68 Å². The van der Waals surface area contributed by atoms with Crippen molar-refractivity contribution in [1.29, 1.82) is 0 Å². The smallest absolute Gasteiger partial charge is 0.0997 e. The van der Waals surface area contributed by atoms with Gasteiger partial charge in [0.25, 0.3) is 0 Å². The van der Waals surface area contributed by atoms with Gasteiger partial charge in [-0.15, -0.1) is 5.10 Å². The fraction of sp³-hybridized carbons (Fsp3) is 0.556. The summed E-state index contributed by atoms with van der Waals surface area (Å²) in [6, 6.07) is 7.04. The second-order valence-corrected chi connectivity index (χ2v) is 7.79. The Kier molecular flexibility index (Phi) is 3.90. The number of benzene rings is 1. The Morgan fingerprint density at radius 2 is 2.12 bits per heavy atom. The summed E-state index contributed by atoms with van der Waals surface area (Å²) in [6.45, 7) is 3.33. The second kappa shape index (κ2) is 5.83. The van der Waals surface area contributed by atoms with Crippen LogP contribution in [0.5, 0.6) is 0 Å². The molecule has 1 N–H and O–H groups in total. The lowest BCUT2D eigenvalue weighted by Crippen LogP contribution is -2.57. The molecule has 2 aromatic rings. The molecular weight excluding hydrogens is 322 g/mol. The Morgan fingerprint density at radius 1 is 1.29 bits per heavy atom. The molecular formula is C18H24ClN5. The topological polar surface area (TPSA) is 46.0 Å². The minimum Gasteiger partial charge on any atom is -0.306 e. The maximum absolute atomic E-state index is 6.25. The van der Waals surface area contributed by atoms with E-state index >= 15 is 0 Å². The number of aromatic nitrogens is 3. The minimum absolute atomic E-state index is 0.0328. The lowest BCUT2D eigenvalue weighted by atomic mass is 9.70. The highest BCUT2D eigenvalue weighted by molar-refractivity contribution is 6.30. The van der Waals surface area contributed by atoms with Gasteiger partial charge in [-0.25, -0.2) is 0 Å². The van der Waals surface area contributed by atoms with Crippen LogP contribution < -0.4 is 5.32 Å². The quantitative estimate of drug-likeness (QED) is 0.863. The van der Waals surface area contributed by atoms with Crippen LogP contribution >= 0.6 is 11.6 Å². The number of hydrogen-bond donors (Lipinski definition) is 1. The predicted molar refractivity (Wildman–Crippen MR) is 95.0 cm³/mol. The third-order valence-electron chi connectivity index (χ3n) is 5.66. The monoisotopic (exact) mass is 345 g/mol. The van der Waals surface area contributed by atoms with E-state index in [1.807, 2.05) is 19.3 Å². The molecule has 2 aliphatic rings. The van der Waals surface area contributed by atoms with Crippen LogP contribution in [0.1, 0.15) is 42.6 Å². The van der Waals surface area contributed by atoms with Crippen molar-refractivity contribution in [3.63, 3.8) is 0 Å². The third kappa shape index (κ3) is 2.55. The summed E-state index contributed by atoms with van der Waals surface area (Å²) < 4.78 is 1.78. The normalized spacial score (nSPS) is 30.5. The summed E-state index contributed by atoms with van der Waals surface area (Å²) in [7, 11) is 4.17. The molecule has 1 aromatic carbocycles. The van der Waals surface area contributed by atoms with E-state index in [1.165, 1.54) is 11.1 Å². The van der Waals surface area contributed by atoms with Crippen molar-refractivity contribution >= 4 is 11.6 Å². The van der Waals surface area contributed by atoms with E-state index in [9.17, 15) is 0 Å². The predicted octanol–water partition coefficient (Wildman–Crippen LogP) is 2.66. The Balaban J connectivity index is 1.78. The van der Waals surface area contributed by atoms with Gasteiger partial charge in [0, 0.05) is 36.4 Å². The van der Waals surface area contributed by atoms with Gasteiger partial charge in [-0.3, -0.25) is 9.58 Å². The number of halogens is 1. The summed E-state index contributed by atoms with van der Waals surface area (Å²) in [5, 5.41) is 13.0. The Labute approximate surface area is 148 Å². The molecule has 1 saturated heterocycles. The van der Waals surface area contributed by atoms with E-state index in [2.05, 4.69) is 46.6 Å². The number of nitrogens with zero attached hydrogens (tertiary/aromatic N) is 4. The van der Waals surface area contributed by atoms with Crippen molar-refractivity contribution in [3.8, 4) is 0 Å². The first-order valence-electron chi connectivity index (χ1n) is 8.60. The molecule has 3 atom stereocenters. The third-order valence-corrected chi connectivity index (χ3v) is 5.90. The number of nitrogens with one attached hydrogen (secondary N) is 1. The second-order valence-electron chi connectivity index (χ2n) is 7.35. The maximum atomic E-state index is 6.25. The first-order chi connectivity index (χ1) is 11.5. The Morgan fingerprint density at radius 3 is 2.88 bits per heavy atom. The maximum Gasteiger partial charge on any atom is 0.0997 e. The SMILES string of the molecule is C[C@H]1CC2(C[C@@H](c3cn(C)nn3)N1)c1ccc(Cl)cc1CCN2C. The van der Waals surface area contributed by atoms with E-state index in [0.717, 1.165) is 36.5 Å². The molecule has 4 rings (SSSR count). The van der Waals surface area contributed by atoms with Crippen LogP contribution in [0.25, 0.3) is 0 Å². The van der Waals surface area contributed by atoms with Crippen LogP contribution in [0.15, 0.2) is 24.4 Å². The van der Waals surface area contributed by atoms with Gasteiger partial charge in [0.15, 0.2) is 0 Å². The number of likely N-dealkylation sites (N-methyl/N-ethyl adjacent to an activating group) is 1. The highest BCUT2D eigenvalue weighted by Crippen LogP contribution is 2.47. The van der Waals surface area contributed by atoms with Gasteiger partial charge in [-0.05, 0) is 56.5 Å². The van der Waals surface area contributed by atoms with E-state index in [4.69, 9.17) is 11.6 Å². The summed E-state index contributed by atoms with van der Waals surface area (Å²) in [5.74, 6) is 0. The molecule has 0 aliphatic carbocycles. The van der Waals surface area contributed by atoms with Gasteiger partial charge in [0.2, 0.25) is 0 Å². The average molecular weight is 346 g/mol. The summed E-state index contributed by atoms with van der Waals surface area (Å²) in [5.41, 5.74) is 3.89. The fourth-order valence-corrected chi connectivity index (χ4v) is 4.76. The van der Waals surface area contributed by atoms with Gasteiger partial charge in [0.1, 0.15) is 0 Å². The summed E-state index contributed by atoms with van der Waals surface area (Å²) >= 11 is 6.25. The zero-order valence-electron chi connectivity index (χ0n) is 14.5. The van der Waals surface area contributed by atoms with E-state index in [0.29, 0.717) is 6.04 Å². The van der Waals surface area contributed by atoms with Crippen LogP contribution in [-0.4, -0.2) is 39.5 Å². The molecule has 1 aromatic heterocycles. The molecule has 0 saturated carbocycles. The zero-order chi connectivity index (χ0) is 16.9. The minimum atomic E-state index is 0.0328. The Bertz CT molecular complexity index is 758. The van der Waals surface area contributed by atoms with Crippen LogP contribution in [0.3, 0.4) is 0 Å². The van der Waals surface area contributed by atoms with Gasteiger partial charge < -0.3 is 5.32 Å². The molecule has 3 heterocycles. The molecule has 6 heteroatoms. The van der Waals surface area contributed by atoms with Crippen molar-refractivity contribution in [1.82, 2.24) is 25.2 Å². The summed E-state index contributed by atoms with van der Waals surface area (Å²) in [4.78, 5) is 2.53. The molecule has 24 heavy (non-hydrogen) atoms. The largest absolute Gasteiger partial charge is 0.306 e. The number of rotatable bonds is 1. The Hall–Kier alpha value is -1.43. The number of piperidine rings is 1. The number of fused-ring (bicyclic) bond motifs is 2. The van der Waals surface area contributed by atoms with Gasteiger partial charge in [0.05, 0.1) is 11.7 Å². The van der Waals surface area contributed by atoms with Crippen LogP contribution in [0.2, 0.25) is 5.02 Å². The first-order valence-corrected chi connectivity index (χ1v) is 8.98. The van der Waals surface area contributed by atoms with Crippen molar-refractivity contribution < 1.29 is 0 Å². The molecule has 0 amide bonds. The lowest BCUT2D eigenvalue weighted by molar-refractivity contribution is 0.0346. The molecule has 1 fully saturated rings. The van der Waals surface area contributed by atoms with E-state index in [-0.39, 0.29) is 11.6 Å². The number of aryl methyl sites for hydroxylation is 1. The molecule has 5 nitrogen and oxygen atoms in total. The van der Waals surface area contributed by atoms with Crippen LogP contribution in [0.4, 0.5) is 0 Å². The highest BCUT2D eigenvalue weighted by Gasteiger charge is 2.47. The average Bonchev–Trinajstić information content (AvgIpc) is 2.97. The van der Waals surface area contributed by atoms with E-state index < -0.39 is 0 Å². The molecule has 2 aliphatic heterocycles. The molecule has 1 spiro atoms. The molecule has 1 unspecified atom stereocenters. The molecule has 128 valence electrons. The fourth-order valence-electron chi connectivity index (χ4n) is 4.57. The van der Waals surface area contributed by atoms with Crippen molar-refractivity contribution in [2.75, 3.05) is 13.6 Å². The summed E-state index contributed by atoms with van der Waals surface area (Å²) in [6.07, 6.45) is 5.18. The zero-order valence-corrected chi connectivity index (χ0v) is 15.2. The molecule has 0 bridgehead atoms. The van der Waals surface area contributed by atoms with Crippen molar-refractivity contribution in [2.45, 2.75) is 43.8 Å². The number of hydrogen-bond acceptors (Lipinski definition) is 4. The van der Waals surface area contributed by atoms with Gasteiger partial charge in [-0.1, -0.05) is 22.9 Å². The standard InChI is InChI=1S/C18H24ClN5/c1-12-9-18(10-16(20-12)17-11-24(3)22-21-17)15-5-4-14(19)8-13(15)6-7-23(18)2/h4-5,8,11-12,16,20H,6-7,9-10H2,1-3H3/t12-,16-,18?/m0/s1. The lowest BCUT2D eigenvalue weighted by Gasteiger charge is -2.52. The van der Waals surface area contributed by atoms with Gasteiger partial charge in [-0.2, -0.15) is 0 Å². The first kappa shape index (κ1) is 16.1. The van der Waals surface area contributed by atoms with Crippen LogP contribution in [-0.2, 0) is 19.0 Å². The highest BCUT2D eigenvalue weighted by atomic mass is 35.5. The van der Waals surface area contributed by atoms with Crippen molar-refractivity contribution in [2.24, 2.45) is 7.05 Å². The van der Waals surface area contributed by atoms with Gasteiger partial charge >= 0.3 is 0 Å². The molecule has 0 radical (unpaired) electrons.